The van der Waals surface area contributed by atoms with E-state index in [9.17, 15) is 8.42 Å². The Morgan fingerprint density at radius 2 is 1.92 bits per heavy atom. The van der Waals surface area contributed by atoms with Gasteiger partial charge in [-0.05, 0) is 68.9 Å². The molecule has 0 saturated carbocycles. The zero-order valence-corrected chi connectivity index (χ0v) is 15.8. The summed E-state index contributed by atoms with van der Waals surface area (Å²) in [6.45, 7) is 5.95. The molecule has 0 unspecified atom stereocenters. The van der Waals surface area contributed by atoms with Crippen LogP contribution in [-0.4, -0.2) is 24.4 Å². The van der Waals surface area contributed by atoms with Crippen molar-refractivity contribution in [3.63, 3.8) is 0 Å². The highest BCUT2D eigenvalue weighted by molar-refractivity contribution is 7.91. The zero-order chi connectivity index (χ0) is 18.0. The fourth-order valence-corrected chi connectivity index (χ4v) is 4.44. The monoisotopic (exact) mass is 359 g/mol. The summed E-state index contributed by atoms with van der Waals surface area (Å²) in [5.74, 6) is 1.27. The van der Waals surface area contributed by atoms with Crippen molar-refractivity contribution in [2.24, 2.45) is 5.92 Å². The van der Waals surface area contributed by atoms with Crippen LogP contribution in [0, 0.1) is 12.8 Å². The van der Waals surface area contributed by atoms with Crippen molar-refractivity contribution in [2.75, 3.05) is 5.75 Å². The third-order valence-corrected chi connectivity index (χ3v) is 7.13. The van der Waals surface area contributed by atoms with Crippen LogP contribution in [0.25, 0.3) is 0 Å². The maximum Gasteiger partial charge on any atom is 0.152 e. The molecule has 134 valence electrons. The minimum atomic E-state index is -3.00. The van der Waals surface area contributed by atoms with Gasteiger partial charge >= 0.3 is 0 Å². The number of nitrogens with zero attached hydrogens (tertiary/aromatic N) is 1. The number of aryl methyl sites for hydroxylation is 1. The summed E-state index contributed by atoms with van der Waals surface area (Å²) in [4.78, 5) is 4.27. The second kappa shape index (κ2) is 7.16. The van der Waals surface area contributed by atoms with Gasteiger partial charge in [-0.1, -0.05) is 12.1 Å². The Kier molecular flexibility index (Phi) is 5.13. The average molecular weight is 359 g/mol. The Morgan fingerprint density at radius 1 is 1.16 bits per heavy atom. The molecule has 25 heavy (non-hydrogen) atoms. The van der Waals surface area contributed by atoms with Crippen molar-refractivity contribution in [1.82, 2.24) is 4.98 Å². The van der Waals surface area contributed by atoms with Crippen LogP contribution in [-0.2, 0) is 29.3 Å². The van der Waals surface area contributed by atoms with Gasteiger partial charge in [-0.2, -0.15) is 0 Å². The lowest BCUT2D eigenvalue weighted by molar-refractivity contribution is 0.305. The quantitative estimate of drug-likeness (QED) is 0.792. The van der Waals surface area contributed by atoms with Gasteiger partial charge in [-0.25, -0.2) is 8.42 Å². The fraction of sp³-hybridized carbons (Fsp3) is 0.450. The first-order chi connectivity index (χ1) is 11.8. The molecule has 1 atom stereocenters. The second-order valence-electron chi connectivity index (χ2n) is 7.18. The molecular weight excluding hydrogens is 334 g/mol. The van der Waals surface area contributed by atoms with Gasteiger partial charge < -0.3 is 4.74 Å². The second-order valence-corrected chi connectivity index (χ2v) is 9.78. The van der Waals surface area contributed by atoms with Crippen molar-refractivity contribution < 1.29 is 13.2 Å². The predicted octanol–water partition coefficient (Wildman–Crippen LogP) is 3.51. The third kappa shape index (κ3) is 4.40. The molecule has 0 fully saturated rings. The summed E-state index contributed by atoms with van der Waals surface area (Å²) < 4.78 is 30.2. The van der Waals surface area contributed by atoms with Gasteiger partial charge in [0, 0.05) is 17.5 Å². The largest absolute Gasteiger partial charge is 0.489 e. The lowest BCUT2D eigenvalue weighted by Gasteiger charge is -2.12. The number of pyridine rings is 1. The van der Waals surface area contributed by atoms with E-state index in [0.717, 1.165) is 29.8 Å². The summed E-state index contributed by atoms with van der Waals surface area (Å²) in [6.07, 6.45) is 3.48. The molecular formula is C20H25NO3S. The Hall–Kier alpha value is -1.88. The molecule has 1 aliphatic carbocycles. The van der Waals surface area contributed by atoms with Gasteiger partial charge in [-0.15, -0.1) is 0 Å². The number of hydrogen-bond acceptors (Lipinski definition) is 4. The summed E-state index contributed by atoms with van der Waals surface area (Å²) >= 11 is 0. The maximum atomic E-state index is 12.2. The molecule has 3 rings (SSSR count). The topological polar surface area (TPSA) is 56.3 Å². The van der Waals surface area contributed by atoms with Gasteiger partial charge in [0.25, 0.3) is 0 Å². The van der Waals surface area contributed by atoms with Crippen LogP contribution >= 0.6 is 0 Å². The molecule has 0 bridgehead atoms. The number of ether oxygens (including phenoxy) is 1. The molecule has 0 spiro atoms. The van der Waals surface area contributed by atoms with Crippen molar-refractivity contribution in [1.29, 1.82) is 0 Å². The average Bonchev–Trinajstić information content (AvgIpc) is 2.94. The smallest absolute Gasteiger partial charge is 0.152 e. The number of benzene rings is 1. The van der Waals surface area contributed by atoms with E-state index in [-0.39, 0.29) is 16.9 Å². The summed E-state index contributed by atoms with van der Waals surface area (Å²) in [7, 11) is -3.00. The fourth-order valence-electron chi connectivity index (χ4n) is 3.16. The van der Waals surface area contributed by atoms with Crippen LogP contribution < -0.4 is 4.74 Å². The van der Waals surface area contributed by atoms with Crippen LogP contribution in [0.5, 0.6) is 5.75 Å². The molecule has 5 heteroatoms. The maximum absolute atomic E-state index is 12.2. The van der Waals surface area contributed by atoms with Crippen LogP contribution in [0.15, 0.2) is 36.5 Å². The molecule has 4 nitrogen and oxygen atoms in total. The number of sulfone groups is 1. The van der Waals surface area contributed by atoms with Crippen LogP contribution in [0.4, 0.5) is 0 Å². The van der Waals surface area contributed by atoms with Crippen molar-refractivity contribution in [3.05, 3.63) is 58.9 Å². The Balaban J connectivity index is 1.63. The molecule has 1 aromatic carbocycles. The minimum Gasteiger partial charge on any atom is -0.489 e. The van der Waals surface area contributed by atoms with E-state index in [1.807, 2.05) is 31.3 Å². The number of aromatic nitrogens is 1. The van der Waals surface area contributed by atoms with E-state index in [2.05, 4.69) is 17.1 Å². The third-order valence-electron chi connectivity index (χ3n) is 4.76. The molecule has 0 radical (unpaired) electrons. The van der Waals surface area contributed by atoms with Gasteiger partial charge in [0.15, 0.2) is 9.84 Å². The summed E-state index contributed by atoms with van der Waals surface area (Å²) in [5, 5.41) is -0.307. The van der Waals surface area contributed by atoms with Gasteiger partial charge in [0.05, 0.1) is 11.0 Å². The summed E-state index contributed by atoms with van der Waals surface area (Å²) in [6, 6.07) is 10.1. The Morgan fingerprint density at radius 3 is 2.60 bits per heavy atom. The van der Waals surface area contributed by atoms with E-state index in [0.29, 0.717) is 6.61 Å². The van der Waals surface area contributed by atoms with Crippen LogP contribution in [0.1, 0.15) is 36.2 Å². The Bertz CT molecular complexity index is 842. The normalized spacial score (nSPS) is 16.9. The number of hydrogen-bond donors (Lipinski definition) is 0. The standard InChI is InChI=1S/C20H25NO3S/c1-14(2)25(22,23)13-17-8-18-6-7-20(10-19(18)9-17)24-12-16-5-4-15(3)21-11-16/h4-7,10-11,14,17H,8-9,12-13H2,1-3H3/t17-/m0/s1. The molecule has 1 aromatic heterocycles. The molecule has 1 aliphatic rings. The molecule has 0 N–H and O–H groups in total. The number of rotatable bonds is 6. The van der Waals surface area contributed by atoms with E-state index in [4.69, 9.17) is 4.74 Å². The zero-order valence-electron chi connectivity index (χ0n) is 15.0. The molecule has 0 aliphatic heterocycles. The molecule has 1 heterocycles. The van der Waals surface area contributed by atoms with Crippen molar-refractivity contribution >= 4 is 9.84 Å². The summed E-state index contributed by atoms with van der Waals surface area (Å²) in [5.41, 5.74) is 4.48. The van der Waals surface area contributed by atoms with Gasteiger partial charge in [-0.3, -0.25) is 4.98 Å². The lowest BCUT2D eigenvalue weighted by Crippen LogP contribution is -2.23. The SMILES string of the molecule is Cc1ccc(COc2ccc3c(c2)C[C@@H](CS(=O)(=O)C(C)C)C3)cn1. The first-order valence-electron chi connectivity index (χ1n) is 8.71. The van der Waals surface area contributed by atoms with Crippen LogP contribution in [0.3, 0.4) is 0 Å². The van der Waals surface area contributed by atoms with Gasteiger partial charge in [0.2, 0.25) is 0 Å². The molecule has 2 aromatic rings. The molecule has 0 amide bonds. The lowest BCUT2D eigenvalue weighted by atomic mass is 10.1. The minimum absolute atomic E-state index is 0.180. The first-order valence-corrected chi connectivity index (χ1v) is 10.4. The van der Waals surface area contributed by atoms with E-state index in [1.165, 1.54) is 11.1 Å². The van der Waals surface area contributed by atoms with E-state index in [1.54, 1.807) is 13.8 Å². The highest BCUT2D eigenvalue weighted by atomic mass is 32.2. The predicted molar refractivity (Wildman–Crippen MR) is 99.6 cm³/mol. The highest BCUT2D eigenvalue weighted by Gasteiger charge is 2.28. The van der Waals surface area contributed by atoms with E-state index < -0.39 is 9.84 Å². The number of fused-ring (bicyclic) bond motifs is 1. The van der Waals surface area contributed by atoms with Crippen molar-refractivity contribution in [2.45, 2.75) is 45.5 Å². The van der Waals surface area contributed by atoms with Crippen LogP contribution in [0.2, 0.25) is 0 Å². The van der Waals surface area contributed by atoms with Crippen molar-refractivity contribution in [3.8, 4) is 5.75 Å². The van der Waals surface area contributed by atoms with Gasteiger partial charge in [0.1, 0.15) is 12.4 Å². The van der Waals surface area contributed by atoms with E-state index >= 15 is 0 Å². The molecule has 0 saturated heterocycles. The first kappa shape index (κ1) is 17.9. The highest BCUT2D eigenvalue weighted by Crippen LogP contribution is 2.31. The Labute approximate surface area is 150 Å².